The van der Waals surface area contributed by atoms with Crippen LogP contribution >= 0.6 is 0 Å². The van der Waals surface area contributed by atoms with Crippen LogP contribution in [0.3, 0.4) is 0 Å². The average Bonchev–Trinajstić information content (AvgIpc) is 2.41. The van der Waals surface area contributed by atoms with Crippen LogP contribution in [-0.2, 0) is 11.4 Å². The van der Waals surface area contributed by atoms with E-state index in [0.717, 1.165) is 0 Å². The van der Waals surface area contributed by atoms with Crippen molar-refractivity contribution >= 4 is 17.5 Å². The number of nitrogens with zero attached hydrogens (tertiary/aromatic N) is 1. The Morgan fingerprint density at radius 3 is 2.35 bits per heavy atom. The molecule has 4 atom stereocenters. The fourth-order valence-electron chi connectivity index (χ4n) is 3.09. The molecule has 0 aromatic carbocycles. The van der Waals surface area contributed by atoms with Gasteiger partial charge in [0, 0.05) is 24.5 Å². The van der Waals surface area contributed by atoms with Crippen LogP contribution in [0.5, 0.6) is 0 Å². The third-order valence-electron chi connectivity index (χ3n) is 4.55. The first kappa shape index (κ1) is 20.5. The Kier molecular flexibility index (Phi) is 6.75. The van der Waals surface area contributed by atoms with Crippen molar-refractivity contribution in [2.75, 3.05) is 19.8 Å². The molecule has 2 N–H and O–H groups in total. The van der Waals surface area contributed by atoms with E-state index in [1.165, 1.54) is 4.90 Å². The second-order valence-electron chi connectivity index (χ2n) is 8.41. The Morgan fingerprint density at radius 1 is 1.39 bits per heavy atom. The Labute approximate surface area is 142 Å². The van der Waals surface area contributed by atoms with Crippen LogP contribution in [0, 0.1) is 17.3 Å². The zero-order valence-corrected chi connectivity index (χ0v) is 15.9. The third-order valence-corrected chi connectivity index (χ3v) is 6.18. The van der Waals surface area contributed by atoms with Crippen molar-refractivity contribution in [1.29, 1.82) is 0 Å². The van der Waals surface area contributed by atoms with Gasteiger partial charge in [0.2, 0.25) is 0 Å². The van der Waals surface area contributed by atoms with Crippen LogP contribution < -0.4 is 4.72 Å². The molecule has 0 radical (unpaired) electrons. The molecule has 1 amide bonds. The van der Waals surface area contributed by atoms with Gasteiger partial charge >= 0.3 is 6.09 Å². The van der Waals surface area contributed by atoms with Crippen LogP contribution in [0.15, 0.2) is 0 Å². The van der Waals surface area contributed by atoms with Crippen molar-refractivity contribution in [3.8, 4) is 0 Å². The highest BCUT2D eigenvalue weighted by atomic mass is 32.2. The molecular weight excluding hydrogens is 319 g/mol. The molecule has 0 aromatic rings. The van der Waals surface area contributed by atoms with E-state index in [-0.39, 0.29) is 17.3 Å². The summed E-state index contributed by atoms with van der Waals surface area (Å²) in [4.78, 5) is 12.7. The molecule has 1 rings (SSSR count). The predicted molar refractivity (Wildman–Crippen MR) is 91.4 cm³/mol. The number of piperidine rings is 1. The molecule has 1 aliphatic heterocycles. The number of amides is 1. The van der Waals surface area contributed by atoms with E-state index in [1.54, 1.807) is 0 Å². The van der Waals surface area contributed by atoms with Gasteiger partial charge in [-0.05, 0) is 44.4 Å². The summed E-state index contributed by atoms with van der Waals surface area (Å²) in [6.07, 6.45) is -0.349. The maximum atomic E-state index is 13.7. The monoisotopic (exact) mass is 350 g/mol. The molecule has 1 heterocycles. The number of alkyl halides is 1. The van der Waals surface area contributed by atoms with E-state index in [2.05, 4.69) is 4.72 Å². The van der Waals surface area contributed by atoms with Crippen LogP contribution in [0.25, 0.3) is 0 Å². The van der Waals surface area contributed by atoms with Gasteiger partial charge < -0.3 is 14.6 Å². The molecule has 1 aliphatic rings. The molecule has 0 aromatic heterocycles. The summed E-state index contributed by atoms with van der Waals surface area (Å²) in [6.45, 7) is 11.9. The summed E-state index contributed by atoms with van der Waals surface area (Å²) in [7, 11) is 0. The Morgan fingerprint density at radius 2 is 1.96 bits per heavy atom. The highest BCUT2D eigenvalue weighted by Gasteiger charge is 2.44. The largest absolute Gasteiger partial charge is 0.598 e. The van der Waals surface area contributed by atoms with Crippen LogP contribution in [-0.4, -0.2) is 51.2 Å². The maximum absolute atomic E-state index is 13.7. The van der Waals surface area contributed by atoms with Crippen LogP contribution in [0.4, 0.5) is 9.18 Å². The van der Waals surface area contributed by atoms with Crippen LogP contribution in [0.2, 0.25) is 0 Å². The normalized spacial score (nSPS) is 26.0. The van der Waals surface area contributed by atoms with E-state index in [0.29, 0.717) is 19.5 Å². The van der Waals surface area contributed by atoms with Crippen molar-refractivity contribution in [2.45, 2.75) is 58.8 Å². The lowest BCUT2D eigenvalue weighted by Crippen LogP contribution is -2.56. The quantitative estimate of drug-likeness (QED) is 0.764. The second kappa shape index (κ2) is 7.57. The zero-order chi connectivity index (χ0) is 18.0. The van der Waals surface area contributed by atoms with E-state index in [1.807, 2.05) is 41.5 Å². The third kappa shape index (κ3) is 5.50. The molecule has 0 aliphatic carbocycles. The van der Waals surface area contributed by atoms with Crippen molar-refractivity contribution < 1.29 is 18.8 Å². The van der Waals surface area contributed by atoms with Gasteiger partial charge in [0.15, 0.2) is 0 Å². The number of hydrogen-bond donors (Lipinski definition) is 2. The molecule has 0 spiro atoms. The smallest absolute Gasteiger partial charge is 0.407 e. The SMILES string of the molecule is CC(C)(C)C1CN(C(=O)O)CCC1[C@H](CF)N[S@@+]([O-])C(C)(C)C. The summed E-state index contributed by atoms with van der Waals surface area (Å²) in [5.74, 6) is -0.0283. The number of rotatable bonds is 4. The number of carboxylic acid groups (broad SMARTS) is 1. The molecule has 5 nitrogen and oxygen atoms in total. The fourth-order valence-corrected chi connectivity index (χ4v) is 3.96. The summed E-state index contributed by atoms with van der Waals surface area (Å²) >= 11 is -1.35. The zero-order valence-electron chi connectivity index (χ0n) is 15.1. The number of hydrogen-bond acceptors (Lipinski definition) is 3. The maximum Gasteiger partial charge on any atom is 0.407 e. The van der Waals surface area contributed by atoms with E-state index < -0.39 is 34.9 Å². The Balaban J connectivity index is 2.94. The van der Waals surface area contributed by atoms with Gasteiger partial charge in [-0.3, -0.25) is 0 Å². The standard InChI is InChI=1S/C16H31FN2O3S/c1-15(2,3)12-10-19(14(20)21)8-7-11(12)13(9-17)18-23(22)16(4,5)6/h11-13,18H,7-10H2,1-6H3,(H,20,21)/t11?,12?,13-,23-/m0/s1. The van der Waals surface area contributed by atoms with Gasteiger partial charge in [-0.15, -0.1) is 4.72 Å². The van der Waals surface area contributed by atoms with Gasteiger partial charge in [-0.25, -0.2) is 9.18 Å². The lowest BCUT2D eigenvalue weighted by atomic mass is 9.68. The van der Waals surface area contributed by atoms with Gasteiger partial charge in [0.05, 0.1) is 6.04 Å². The summed E-state index contributed by atoms with van der Waals surface area (Å²) < 4.78 is 28.5. The lowest BCUT2D eigenvalue weighted by molar-refractivity contribution is 0.0295. The molecule has 1 saturated heterocycles. The Bertz CT molecular complexity index is 409. The summed E-state index contributed by atoms with van der Waals surface area (Å²) in [5.41, 5.74) is -0.156. The van der Waals surface area contributed by atoms with Crippen LogP contribution in [0.1, 0.15) is 48.0 Å². The molecule has 1 fully saturated rings. The molecule has 136 valence electrons. The van der Waals surface area contributed by atoms with Crippen molar-refractivity contribution in [2.24, 2.45) is 17.3 Å². The number of halogens is 1. The molecule has 23 heavy (non-hydrogen) atoms. The molecule has 0 saturated carbocycles. The highest BCUT2D eigenvalue weighted by Crippen LogP contribution is 2.39. The summed E-state index contributed by atoms with van der Waals surface area (Å²) in [6, 6.07) is -0.518. The van der Waals surface area contributed by atoms with Gasteiger partial charge in [-0.2, -0.15) is 0 Å². The fraction of sp³-hybridized carbons (Fsp3) is 0.938. The molecule has 7 heteroatoms. The highest BCUT2D eigenvalue weighted by molar-refractivity contribution is 7.90. The summed E-state index contributed by atoms with van der Waals surface area (Å²) in [5, 5.41) is 9.24. The topological polar surface area (TPSA) is 75.6 Å². The number of carbonyl (C=O) groups is 1. The van der Waals surface area contributed by atoms with Gasteiger partial charge in [0.25, 0.3) is 0 Å². The predicted octanol–water partition coefficient (Wildman–Crippen LogP) is 3.04. The molecular formula is C16H31FN2O3S. The lowest BCUT2D eigenvalue weighted by Gasteiger charge is -2.46. The molecule has 0 bridgehead atoms. The van der Waals surface area contributed by atoms with E-state index >= 15 is 0 Å². The number of nitrogens with one attached hydrogen (secondary N) is 1. The van der Waals surface area contributed by atoms with Crippen molar-refractivity contribution in [1.82, 2.24) is 9.62 Å². The molecule has 2 unspecified atom stereocenters. The van der Waals surface area contributed by atoms with Gasteiger partial charge in [-0.1, -0.05) is 20.8 Å². The first-order chi connectivity index (χ1) is 10.4. The first-order valence-electron chi connectivity index (χ1n) is 8.09. The number of likely N-dealkylation sites (tertiary alicyclic amines) is 1. The van der Waals surface area contributed by atoms with E-state index in [9.17, 15) is 18.8 Å². The average molecular weight is 351 g/mol. The Hall–Kier alpha value is -0.530. The minimum absolute atomic E-state index is 0.0116. The minimum atomic E-state index is -1.35. The first-order valence-corrected chi connectivity index (χ1v) is 9.24. The second-order valence-corrected chi connectivity index (χ2v) is 10.4. The minimum Gasteiger partial charge on any atom is -0.598 e. The van der Waals surface area contributed by atoms with Crippen molar-refractivity contribution in [3.63, 3.8) is 0 Å². The van der Waals surface area contributed by atoms with Crippen molar-refractivity contribution in [3.05, 3.63) is 0 Å². The van der Waals surface area contributed by atoms with Gasteiger partial charge in [0.1, 0.15) is 11.4 Å². The van der Waals surface area contributed by atoms with E-state index in [4.69, 9.17) is 0 Å².